The Labute approximate surface area is 43.9 Å². The topological polar surface area (TPSA) is 40.1 Å². The maximum atomic E-state index is 9.52. The molecule has 0 amide bonds. The van der Waals surface area contributed by atoms with Gasteiger partial charge < -0.3 is 4.55 Å². The molecule has 0 aliphatic rings. The minimum Gasteiger partial charge on any atom is -0.768 e. The lowest BCUT2D eigenvalue weighted by atomic mass is 11.3. The Morgan fingerprint density at radius 2 is 2.17 bits per heavy atom. The van der Waals surface area contributed by atoms with Crippen LogP contribution >= 0.6 is 12.6 Å². The van der Waals surface area contributed by atoms with Crippen LogP contribution < -0.4 is 0 Å². The van der Waals surface area contributed by atoms with E-state index in [4.69, 9.17) is 0 Å². The second-order valence-electron chi connectivity index (χ2n) is 0.628. The number of thiol groups is 1. The summed E-state index contributed by atoms with van der Waals surface area (Å²) in [6, 6.07) is 0. The summed E-state index contributed by atoms with van der Waals surface area (Å²) in [5, 5.41) is 0. The summed E-state index contributed by atoms with van der Waals surface area (Å²) < 4.78 is 18.9. The van der Waals surface area contributed by atoms with Gasteiger partial charge in [0.2, 0.25) is 0 Å². The van der Waals surface area contributed by atoms with E-state index in [1.165, 1.54) is 0 Å². The molecule has 0 heterocycles. The van der Waals surface area contributed by atoms with Gasteiger partial charge in [0.1, 0.15) is 0 Å². The summed E-state index contributed by atoms with van der Waals surface area (Å²) in [7, 11) is 0. The summed E-state index contributed by atoms with van der Waals surface area (Å²) in [6.07, 6.45) is 0. The summed E-state index contributed by atoms with van der Waals surface area (Å²) in [5.41, 5.74) is 0. The first kappa shape index (κ1) is 6.20. The summed E-state index contributed by atoms with van der Waals surface area (Å²) in [4.78, 5) is 0. The molecule has 0 aromatic heterocycles. The fourth-order valence-electron chi connectivity index (χ4n) is 0. The van der Waals surface area contributed by atoms with Crippen molar-refractivity contribution in [3.63, 3.8) is 0 Å². The Balaban J connectivity index is 3.57. The highest BCUT2D eigenvalue weighted by atomic mass is 32.2. The lowest BCUT2D eigenvalue weighted by Crippen LogP contribution is -1.80. The van der Waals surface area contributed by atoms with Crippen molar-refractivity contribution in [2.75, 3.05) is 0 Å². The Morgan fingerprint density at radius 3 is 2.17 bits per heavy atom. The Morgan fingerprint density at radius 1 is 2.00 bits per heavy atom. The van der Waals surface area contributed by atoms with Crippen LogP contribution in [0.5, 0.6) is 0 Å². The molecule has 0 aliphatic heterocycles. The fraction of sp³-hybridized carbons (Fsp3) is 0. The second-order valence-corrected chi connectivity index (χ2v) is 2.43. The van der Waals surface area contributed by atoms with E-state index in [1.807, 2.05) is 0 Å². The molecular formula is C2H3O2S2-. The van der Waals surface area contributed by atoms with E-state index in [0.29, 0.717) is 0 Å². The summed E-state index contributed by atoms with van der Waals surface area (Å²) in [5.74, 6) is 0. The van der Waals surface area contributed by atoms with Crippen molar-refractivity contribution in [2.24, 2.45) is 0 Å². The van der Waals surface area contributed by atoms with Gasteiger partial charge in [-0.1, -0.05) is 6.58 Å². The van der Waals surface area contributed by atoms with Gasteiger partial charge >= 0.3 is 0 Å². The molecule has 0 aromatic carbocycles. The SMILES string of the molecule is C=C(S)S(=O)[O-]. The third-order valence-electron chi connectivity index (χ3n) is 0.192. The maximum absolute atomic E-state index is 9.52. The van der Waals surface area contributed by atoms with Gasteiger partial charge in [0.05, 0.1) is 0 Å². The first-order valence-corrected chi connectivity index (χ1v) is 2.64. The minimum absolute atomic E-state index is 0.130. The molecule has 0 aromatic rings. The second kappa shape index (κ2) is 2.39. The highest BCUT2D eigenvalue weighted by Gasteiger charge is 1.75. The predicted octanol–water partition coefficient (Wildman–Crippen LogP) is 0.267. The van der Waals surface area contributed by atoms with Gasteiger partial charge in [0.15, 0.2) is 0 Å². The Hall–Kier alpha value is 0.200. The van der Waals surface area contributed by atoms with Crippen LogP contribution in [-0.2, 0) is 11.1 Å². The standard InChI is InChI=1S/C2H4O2S2/c1-2(5)6(3)4/h5H,1H2,(H,3,4)/p-1. The zero-order valence-electron chi connectivity index (χ0n) is 2.88. The van der Waals surface area contributed by atoms with Crippen LogP contribution in [-0.4, -0.2) is 8.76 Å². The number of hydrogen-bond acceptors (Lipinski definition) is 3. The molecule has 0 fully saturated rings. The van der Waals surface area contributed by atoms with Crippen molar-refractivity contribution in [3.05, 3.63) is 10.8 Å². The van der Waals surface area contributed by atoms with Gasteiger partial charge in [0, 0.05) is 4.24 Å². The monoisotopic (exact) mass is 123 g/mol. The van der Waals surface area contributed by atoms with Crippen molar-refractivity contribution in [1.82, 2.24) is 0 Å². The van der Waals surface area contributed by atoms with Crippen molar-refractivity contribution in [3.8, 4) is 0 Å². The largest absolute Gasteiger partial charge is 0.768 e. The quantitative estimate of drug-likeness (QED) is 0.401. The van der Waals surface area contributed by atoms with E-state index < -0.39 is 11.1 Å². The van der Waals surface area contributed by atoms with Crippen molar-refractivity contribution >= 4 is 23.7 Å². The maximum Gasteiger partial charge on any atom is 0.0474 e. The van der Waals surface area contributed by atoms with Crippen molar-refractivity contribution in [1.29, 1.82) is 0 Å². The van der Waals surface area contributed by atoms with Gasteiger partial charge in [-0.25, -0.2) is 0 Å². The van der Waals surface area contributed by atoms with Crippen LogP contribution in [0.15, 0.2) is 10.8 Å². The molecule has 0 aliphatic carbocycles. The first-order chi connectivity index (χ1) is 2.64. The van der Waals surface area contributed by atoms with Crippen LogP contribution in [0, 0.1) is 0 Å². The van der Waals surface area contributed by atoms with Gasteiger partial charge in [-0.2, -0.15) is 0 Å². The van der Waals surface area contributed by atoms with Gasteiger partial charge in [-0.3, -0.25) is 4.21 Å². The van der Waals surface area contributed by atoms with Gasteiger partial charge in [-0.15, -0.1) is 12.6 Å². The van der Waals surface area contributed by atoms with E-state index >= 15 is 0 Å². The molecule has 36 valence electrons. The Kier molecular flexibility index (Phi) is 2.47. The van der Waals surface area contributed by atoms with Crippen LogP contribution in [0.4, 0.5) is 0 Å². The van der Waals surface area contributed by atoms with Crippen molar-refractivity contribution in [2.45, 2.75) is 0 Å². The molecule has 1 unspecified atom stereocenters. The molecule has 0 bridgehead atoms. The molecule has 0 saturated heterocycles. The lowest BCUT2D eigenvalue weighted by Gasteiger charge is -1.97. The molecule has 0 radical (unpaired) electrons. The molecule has 1 atom stereocenters. The first-order valence-electron chi connectivity index (χ1n) is 1.11. The van der Waals surface area contributed by atoms with Crippen molar-refractivity contribution < 1.29 is 8.76 Å². The van der Waals surface area contributed by atoms with Crippen LogP contribution in [0.2, 0.25) is 0 Å². The molecule has 6 heavy (non-hydrogen) atoms. The molecule has 0 N–H and O–H groups in total. The summed E-state index contributed by atoms with van der Waals surface area (Å²) >= 11 is 1.19. The zero-order chi connectivity index (χ0) is 5.15. The van der Waals surface area contributed by atoms with E-state index in [2.05, 4.69) is 19.2 Å². The summed E-state index contributed by atoms with van der Waals surface area (Å²) in [6.45, 7) is 3.01. The highest BCUT2D eigenvalue weighted by molar-refractivity contribution is 8.04. The lowest BCUT2D eigenvalue weighted by molar-refractivity contribution is 0.546. The molecule has 2 nitrogen and oxygen atoms in total. The smallest absolute Gasteiger partial charge is 0.0474 e. The van der Waals surface area contributed by atoms with E-state index in [-0.39, 0.29) is 4.24 Å². The average molecular weight is 123 g/mol. The normalized spacial score (nSPS) is 13.7. The third-order valence-corrected chi connectivity index (χ3v) is 1.02. The zero-order valence-corrected chi connectivity index (χ0v) is 4.59. The third kappa shape index (κ3) is 2.44. The van der Waals surface area contributed by atoms with E-state index in [1.54, 1.807) is 0 Å². The molecular weight excluding hydrogens is 120 g/mol. The van der Waals surface area contributed by atoms with Gasteiger partial charge in [-0.05, 0) is 11.1 Å². The predicted molar refractivity (Wildman–Crippen MR) is 27.0 cm³/mol. The molecule has 4 heteroatoms. The van der Waals surface area contributed by atoms with Gasteiger partial charge in [0.25, 0.3) is 0 Å². The number of hydrogen-bond donors (Lipinski definition) is 1. The van der Waals surface area contributed by atoms with E-state index in [9.17, 15) is 8.76 Å². The average Bonchev–Trinajstić information content (AvgIpc) is 1.36. The minimum atomic E-state index is -2.20. The van der Waals surface area contributed by atoms with Crippen LogP contribution in [0.25, 0.3) is 0 Å². The van der Waals surface area contributed by atoms with E-state index in [0.717, 1.165) is 0 Å². The highest BCUT2D eigenvalue weighted by Crippen LogP contribution is 1.96. The molecule has 0 spiro atoms. The van der Waals surface area contributed by atoms with Crippen LogP contribution in [0.1, 0.15) is 0 Å². The molecule has 0 rings (SSSR count). The molecule has 0 saturated carbocycles. The number of rotatable bonds is 1. The fourth-order valence-corrected chi connectivity index (χ4v) is 0. The Bertz CT molecular complexity index is 75.5. The van der Waals surface area contributed by atoms with Crippen LogP contribution in [0.3, 0.4) is 0 Å².